The number of ketones is 1. The molecule has 2 heterocycles. The average molecular weight is 462 g/mol. The minimum Gasteiger partial charge on any atom is -0.497 e. The normalized spacial score (nSPS) is 25.0. The number of Topliss-reactive ketones (excluding diaryl/α,β-unsaturated/α-hetero) is 1. The summed E-state index contributed by atoms with van der Waals surface area (Å²) in [5.74, 6) is 1.90. The summed E-state index contributed by atoms with van der Waals surface area (Å²) in [4.78, 5) is 14.5. The number of hydrogen-bond donors (Lipinski definition) is 0. The molecule has 5 rings (SSSR count). The Labute approximate surface area is 202 Å². The molecular formula is C29H35NO4. The number of benzene rings is 2. The maximum atomic E-state index is 11.8. The Morgan fingerprint density at radius 3 is 2.56 bits per heavy atom. The summed E-state index contributed by atoms with van der Waals surface area (Å²) in [6.45, 7) is 9.80. The predicted molar refractivity (Wildman–Crippen MR) is 135 cm³/mol. The topological polar surface area (TPSA) is 51.9 Å². The third-order valence-electron chi connectivity index (χ3n) is 7.91. The van der Waals surface area contributed by atoms with Crippen LogP contribution in [0.1, 0.15) is 63.9 Å². The van der Waals surface area contributed by atoms with Gasteiger partial charge in [0.15, 0.2) is 11.5 Å². The standard InChI is InChI=1S/C29H35NO4/c1-18(2)30-13-12-29(4)17-23(10-11-27(29)30)33-22-8-6-20(7-9-22)25-16-24(32-5)14-21-15-26(19(3)31)34-28(21)25/h6-9,14-16,18,23,27H,10-13,17H2,1-5H3. The highest BCUT2D eigenvalue weighted by atomic mass is 16.5. The largest absolute Gasteiger partial charge is 0.497 e. The van der Waals surface area contributed by atoms with Gasteiger partial charge in [-0.15, -0.1) is 0 Å². The zero-order chi connectivity index (χ0) is 24.0. The minimum absolute atomic E-state index is 0.0907. The highest BCUT2D eigenvalue weighted by Crippen LogP contribution is 2.48. The SMILES string of the molecule is COc1cc(-c2ccc(OC3CCC4N(C(C)C)CCC4(C)C3)cc2)c2oc(C(C)=O)cc2c1. The van der Waals surface area contributed by atoms with E-state index in [1.165, 1.54) is 26.3 Å². The Morgan fingerprint density at radius 2 is 1.88 bits per heavy atom. The number of hydrogen-bond acceptors (Lipinski definition) is 5. The molecule has 180 valence electrons. The number of carbonyl (C=O) groups is 1. The van der Waals surface area contributed by atoms with E-state index in [0.29, 0.717) is 28.8 Å². The van der Waals surface area contributed by atoms with Crippen molar-refractivity contribution >= 4 is 16.8 Å². The Kier molecular flexibility index (Phi) is 5.93. The molecule has 3 atom stereocenters. The van der Waals surface area contributed by atoms with Crippen LogP contribution in [0, 0.1) is 5.41 Å². The molecule has 2 aliphatic rings. The Morgan fingerprint density at radius 1 is 1.12 bits per heavy atom. The van der Waals surface area contributed by atoms with Gasteiger partial charge in [0.25, 0.3) is 0 Å². The van der Waals surface area contributed by atoms with Gasteiger partial charge < -0.3 is 13.9 Å². The van der Waals surface area contributed by atoms with Crippen LogP contribution < -0.4 is 9.47 Å². The predicted octanol–water partition coefficient (Wildman–Crippen LogP) is 6.73. The average Bonchev–Trinajstić information content (AvgIpc) is 3.39. The molecule has 1 aromatic heterocycles. The zero-order valence-corrected chi connectivity index (χ0v) is 20.9. The van der Waals surface area contributed by atoms with Crippen LogP contribution in [0.25, 0.3) is 22.1 Å². The fourth-order valence-corrected chi connectivity index (χ4v) is 6.08. The quantitative estimate of drug-likeness (QED) is 0.381. The molecule has 1 aliphatic heterocycles. The molecule has 1 saturated heterocycles. The first kappa shape index (κ1) is 23.0. The summed E-state index contributed by atoms with van der Waals surface area (Å²) >= 11 is 0. The molecule has 3 unspecified atom stereocenters. The first-order chi connectivity index (χ1) is 16.3. The summed E-state index contributed by atoms with van der Waals surface area (Å²) in [6.07, 6.45) is 4.93. The Bertz CT molecular complexity index is 1190. The fourth-order valence-electron chi connectivity index (χ4n) is 6.08. The molecule has 0 spiro atoms. The van der Waals surface area contributed by atoms with Crippen LogP contribution in [-0.4, -0.2) is 42.5 Å². The molecule has 5 nitrogen and oxygen atoms in total. The van der Waals surface area contributed by atoms with Crippen molar-refractivity contribution in [1.29, 1.82) is 0 Å². The lowest BCUT2D eigenvalue weighted by Gasteiger charge is -2.43. The van der Waals surface area contributed by atoms with E-state index in [0.717, 1.165) is 40.9 Å². The van der Waals surface area contributed by atoms with Crippen molar-refractivity contribution in [3.8, 4) is 22.6 Å². The van der Waals surface area contributed by atoms with Gasteiger partial charge in [0.05, 0.1) is 13.2 Å². The third kappa shape index (κ3) is 4.11. The van der Waals surface area contributed by atoms with E-state index in [1.54, 1.807) is 13.2 Å². The van der Waals surface area contributed by atoms with E-state index < -0.39 is 0 Å². The van der Waals surface area contributed by atoms with Crippen molar-refractivity contribution in [3.63, 3.8) is 0 Å². The number of ether oxygens (including phenoxy) is 2. The summed E-state index contributed by atoms with van der Waals surface area (Å²) in [7, 11) is 1.65. The van der Waals surface area contributed by atoms with Gasteiger partial charge in [-0.25, -0.2) is 0 Å². The molecule has 1 saturated carbocycles. The zero-order valence-electron chi connectivity index (χ0n) is 20.9. The van der Waals surface area contributed by atoms with E-state index >= 15 is 0 Å². The van der Waals surface area contributed by atoms with Crippen molar-refractivity contribution in [3.05, 3.63) is 48.2 Å². The molecule has 1 aliphatic carbocycles. The van der Waals surface area contributed by atoms with Gasteiger partial charge in [0, 0.05) is 30.0 Å². The molecule has 0 N–H and O–H groups in total. The van der Waals surface area contributed by atoms with Gasteiger partial charge in [-0.2, -0.15) is 0 Å². The van der Waals surface area contributed by atoms with Crippen molar-refractivity contribution in [2.24, 2.45) is 5.41 Å². The maximum Gasteiger partial charge on any atom is 0.194 e. The second-order valence-corrected chi connectivity index (χ2v) is 10.6. The highest BCUT2D eigenvalue weighted by molar-refractivity contribution is 6.00. The van der Waals surface area contributed by atoms with Crippen LogP contribution in [0.4, 0.5) is 0 Å². The fraction of sp³-hybridized carbons (Fsp3) is 0.483. The number of furan rings is 1. The second kappa shape index (κ2) is 8.77. The number of rotatable bonds is 6. The highest BCUT2D eigenvalue weighted by Gasteiger charge is 2.48. The van der Waals surface area contributed by atoms with Crippen LogP contribution >= 0.6 is 0 Å². The molecule has 5 heteroatoms. The smallest absolute Gasteiger partial charge is 0.194 e. The van der Waals surface area contributed by atoms with Crippen molar-refractivity contribution in [1.82, 2.24) is 4.90 Å². The van der Waals surface area contributed by atoms with Crippen molar-refractivity contribution in [2.75, 3.05) is 13.7 Å². The number of likely N-dealkylation sites (tertiary alicyclic amines) is 1. The summed E-state index contributed by atoms with van der Waals surface area (Å²) in [6, 6.07) is 15.1. The molecule has 0 radical (unpaired) electrons. The number of nitrogens with zero attached hydrogens (tertiary/aromatic N) is 1. The van der Waals surface area contributed by atoms with Crippen molar-refractivity contribution < 1.29 is 18.7 Å². The first-order valence-corrected chi connectivity index (χ1v) is 12.4. The van der Waals surface area contributed by atoms with E-state index in [4.69, 9.17) is 13.9 Å². The van der Waals surface area contributed by atoms with Gasteiger partial charge in [-0.3, -0.25) is 9.69 Å². The van der Waals surface area contributed by atoms with Crippen LogP contribution in [0.15, 0.2) is 46.9 Å². The first-order valence-electron chi connectivity index (χ1n) is 12.4. The van der Waals surface area contributed by atoms with Crippen LogP contribution in [0.2, 0.25) is 0 Å². The molecule has 0 bridgehead atoms. The number of carbonyl (C=O) groups excluding carboxylic acids is 1. The van der Waals surface area contributed by atoms with Gasteiger partial charge in [-0.1, -0.05) is 19.1 Å². The molecule has 0 amide bonds. The number of fused-ring (bicyclic) bond motifs is 2. The lowest BCUT2D eigenvalue weighted by molar-refractivity contribution is 0.0274. The van der Waals surface area contributed by atoms with E-state index in [2.05, 4.69) is 37.8 Å². The van der Waals surface area contributed by atoms with Gasteiger partial charge in [0.2, 0.25) is 0 Å². The molecule has 2 aromatic carbocycles. The molecular weight excluding hydrogens is 426 g/mol. The summed E-state index contributed by atoms with van der Waals surface area (Å²) in [5, 5.41) is 0.858. The van der Waals surface area contributed by atoms with Crippen LogP contribution in [-0.2, 0) is 0 Å². The maximum absolute atomic E-state index is 11.8. The van der Waals surface area contributed by atoms with Crippen LogP contribution in [0.5, 0.6) is 11.5 Å². The number of methoxy groups -OCH3 is 1. The molecule has 34 heavy (non-hydrogen) atoms. The van der Waals surface area contributed by atoms with Gasteiger partial charge >= 0.3 is 0 Å². The summed E-state index contributed by atoms with van der Waals surface area (Å²) in [5.41, 5.74) is 2.94. The second-order valence-electron chi connectivity index (χ2n) is 10.6. The van der Waals surface area contributed by atoms with Gasteiger partial charge in [0.1, 0.15) is 17.1 Å². The Hall–Kier alpha value is -2.79. The third-order valence-corrected chi connectivity index (χ3v) is 7.91. The van der Waals surface area contributed by atoms with Crippen LogP contribution in [0.3, 0.4) is 0 Å². The molecule has 2 fully saturated rings. The lowest BCUT2D eigenvalue weighted by atomic mass is 9.70. The minimum atomic E-state index is -0.0907. The van der Waals surface area contributed by atoms with E-state index in [1.807, 2.05) is 24.3 Å². The van der Waals surface area contributed by atoms with E-state index in [-0.39, 0.29) is 11.9 Å². The van der Waals surface area contributed by atoms with Gasteiger partial charge in [-0.05, 0) is 87.4 Å². The van der Waals surface area contributed by atoms with Crippen molar-refractivity contribution in [2.45, 2.75) is 71.6 Å². The molecule has 3 aromatic rings. The van der Waals surface area contributed by atoms with E-state index in [9.17, 15) is 4.79 Å². The monoisotopic (exact) mass is 461 g/mol. The Balaban J connectivity index is 1.35. The lowest BCUT2D eigenvalue weighted by Crippen LogP contribution is -2.47. The summed E-state index contributed by atoms with van der Waals surface area (Å²) < 4.78 is 17.9.